The van der Waals surface area contributed by atoms with Crippen LogP contribution in [0.3, 0.4) is 0 Å². The largest absolute Gasteiger partial charge is 0.396 e. The van der Waals surface area contributed by atoms with Crippen molar-refractivity contribution in [1.29, 1.82) is 0 Å². The molecule has 0 bridgehead atoms. The number of piperidine rings is 1. The van der Waals surface area contributed by atoms with Gasteiger partial charge in [0.1, 0.15) is 0 Å². The van der Waals surface area contributed by atoms with Crippen LogP contribution in [0.4, 0.5) is 0 Å². The Kier molecular flexibility index (Phi) is 3.58. The van der Waals surface area contributed by atoms with Gasteiger partial charge in [0.15, 0.2) is 0 Å². The lowest BCUT2D eigenvalue weighted by atomic mass is 9.79. The monoisotopic (exact) mass is 269 g/mol. The average molecular weight is 269 g/mol. The van der Waals surface area contributed by atoms with Crippen molar-refractivity contribution in [2.45, 2.75) is 26.2 Å². The fourth-order valence-electron chi connectivity index (χ4n) is 1.68. The third-order valence-corrected chi connectivity index (χ3v) is 3.52. The number of aliphatic hydroxyl groups is 1. The molecule has 1 saturated heterocycles. The van der Waals surface area contributed by atoms with Crippen LogP contribution in [0, 0.1) is 5.41 Å². The molecule has 0 aromatic carbocycles. The Morgan fingerprint density at radius 3 is 2.73 bits per heavy atom. The van der Waals surface area contributed by atoms with E-state index in [-0.39, 0.29) is 5.41 Å². The van der Waals surface area contributed by atoms with E-state index in [2.05, 4.69) is 32.9 Å². The van der Waals surface area contributed by atoms with Crippen molar-refractivity contribution in [2.24, 2.45) is 5.41 Å². The molecule has 66 valence electrons. The molecule has 0 radical (unpaired) electrons. The molecule has 1 atom stereocenters. The molecule has 0 aliphatic carbocycles. The fraction of sp³-hybridized carbons (Fsp3) is 1.00. The zero-order valence-corrected chi connectivity index (χ0v) is 9.17. The van der Waals surface area contributed by atoms with Crippen molar-refractivity contribution >= 4 is 22.9 Å². The van der Waals surface area contributed by atoms with E-state index in [1.165, 1.54) is 19.4 Å². The highest BCUT2D eigenvalue weighted by atomic mass is 127. The smallest absolute Gasteiger partial charge is 0.0499 e. The molecular weight excluding hydrogens is 253 g/mol. The maximum Gasteiger partial charge on any atom is 0.0499 e. The molecule has 0 aromatic rings. The van der Waals surface area contributed by atoms with Gasteiger partial charge in [-0.25, -0.2) is 3.11 Å². The summed E-state index contributed by atoms with van der Waals surface area (Å²) in [6.07, 6.45) is 3.53. The van der Waals surface area contributed by atoms with Gasteiger partial charge in [-0.05, 0) is 19.3 Å². The lowest BCUT2D eigenvalue weighted by Gasteiger charge is -2.38. The second kappa shape index (κ2) is 4.05. The fourth-order valence-corrected chi connectivity index (χ4v) is 2.74. The molecule has 1 rings (SSSR count). The van der Waals surface area contributed by atoms with Crippen LogP contribution in [0.1, 0.15) is 26.2 Å². The topological polar surface area (TPSA) is 23.5 Å². The summed E-state index contributed by atoms with van der Waals surface area (Å²) in [5.74, 6) is 0. The van der Waals surface area contributed by atoms with E-state index in [1.54, 1.807) is 0 Å². The number of hydrogen-bond acceptors (Lipinski definition) is 2. The van der Waals surface area contributed by atoms with Gasteiger partial charge in [-0.3, -0.25) is 0 Å². The van der Waals surface area contributed by atoms with Crippen molar-refractivity contribution < 1.29 is 5.11 Å². The highest BCUT2D eigenvalue weighted by Gasteiger charge is 2.32. The quantitative estimate of drug-likeness (QED) is 0.610. The number of halogens is 1. The maximum absolute atomic E-state index is 9.23. The molecule has 1 aliphatic heterocycles. The molecule has 1 aliphatic rings. The zero-order chi connectivity index (χ0) is 8.32. The van der Waals surface area contributed by atoms with Crippen molar-refractivity contribution in [3.05, 3.63) is 0 Å². The van der Waals surface area contributed by atoms with Gasteiger partial charge < -0.3 is 5.11 Å². The number of nitrogens with zero attached hydrogens (tertiary/aromatic N) is 1. The van der Waals surface area contributed by atoms with E-state index in [0.717, 1.165) is 13.0 Å². The summed E-state index contributed by atoms with van der Waals surface area (Å²) >= 11 is 2.35. The minimum absolute atomic E-state index is 0.208. The highest BCUT2D eigenvalue weighted by Crippen LogP contribution is 2.33. The standard InChI is InChI=1S/C8H16INO/c1-2-8(7-11)4-3-5-10(9)6-8/h11H,2-7H2,1H3. The van der Waals surface area contributed by atoms with Crippen LogP contribution in [0.2, 0.25) is 0 Å². The Labute approximate surface area is 82.5 Å². The first kappa shape index (κ1) is 9.74. The van der Waals surface area contributed by atoms with Gasteiger partial charge in [-0.1, -0.05) is 6.92 Å². The first-order valence-electron chi connectivity index (χ1n) is 4.24. The van der Waals surface area contributed by atoms with Crippen molar-refractivity contribution in [3.8, 4) is 0 Å². The number of aliphatic hydroxyl groups excluding tert-OH is 1. The van der Waals surface area contributed by atoms with E-state index >= 15 is 0 Å². The lowest BCUT2D eigenvalue weighted by molar-refractivity contribution is 0.0698. The van der Waals surface area contributed by atoms with Gasteiger partial charge in [-0.15, -0.1) is 0 Å². The van der Waals surface area contributed by atoms with E-state index < -0.39 is 0 Å². The zero-order valence-electron chi connectivity index (χ0n) is 7.02. The van der Waals surface area contributed by atoms with Crippen LogP contribution in [-0.4, -0.2) is 27.9 Å². The molecule has 0 saturated carbocycles. The van der Waals surface area contributed by atoms with Crippen LogP contribution in [-0.2, 0) is 0 Å². The number of rotatable bonds is 2. The van der Waals surface area contributed by atoms with Gasteiger partial charge in [0, 0.05) is 48.0 Å². The Morgan fingerprint density at radius 1 is 1.64 bits per heavy atom. The molecule has 1 heterocycles. The minimum Gasteiger partial charge on any atom is -0.396 e. The second-order valence-electron chi connectivity index (χ2n) is 3.46. The van der Waals surface area contributed by atoms with Crippen LogP contribution in [0.25, 0.3) is 0 Å². The maximum atomic E-state index is 9.23. The van der Waals surface area contributed by atoms with Crippen molar-refractivity contribution in [3.63, 3.8) is 0 Å². The Bertz CT molecular complexity index is 125. The molecule has 0 aromatic heterocycles. The Balaban J connectivity index is 2.52. The summed E-state index contributed by atoms with van der Waals surface area (Å²) in [5, 5.41) is 9.23. The Morgan fingerprint density at radius 2 is 2.36 bits per heavy atom. The lowest BCUT2D eigenvalue weighted by Crippen LogP contribution is -2.40. The highest BCUT2D eigenvalue weighted by molar-refractivity contribution is 14.1. The molecule has 3 heteroatoms. The molecule has 1 N–H and O–H groups in total. The number of hydrogen-bond donors (Lipinski definition) is 1. The molecule has 0 spiro atoms. The third kappa shape index (κ3) is 2.29. The van der Waals surface area contributed by atoms with E-state index in [0.29, 0.717) is 6.61 Å². The summed E-state index contributed by atoms with van der Waals surface area (Å²) in [6.45, 7) is 4.76. The summed E-state index contributed by atoms with van der Waals surface area (Å²) in [5.41, 5.74) is 0.208. The van der Waals surface area contributed by atoms with E-state index in [9.17, 15) is 5.11 Å². The Hall–Kier alpha value is 0.650. The molecule has 2 nitrogen and oxygen atoms in total. The van der Waals surface area contributed by atoms with Gasteiger partial charge in [0.25, 0.3) is 0 Å². The predicted molar refractivity (Wildman–Crippen MR) is 54.6 cm³/mol. The summed E-state index contributed by atoms with van der Waals surface area (Å²) in [4.78, 5) is 0. The van der Waals surface area contributed by atoms with Crippen LogP contribution in [0.15, 0.2) is 0 Å². The second-order valence-corrected chi connectivity index (χ2v) is 4.82. The minimum atomic E-state index is 0.208. The first-order chi connectivity index (χ1) is 5.22. The summed E-state index contributed by atoms with van der Waals surface area (Å²) in [6, 6.07) is 0. The third-order valence-electron chi connectivity index (χ3n) is 2.70. The first-order valence-corrected chi connectivity index (χ1v) is 5.20. The molecule has 1 unspecified atom stereocenters. The molecule has 1 fully saturated rings. The van der Waals surface area contributed by atoms with E-state index in [4.69, 9.17) is 0 Å². The molecular formula is C8H16INO. The van der Waals surface area contributed by atoms with Crippen LogP contribution < -0.4 is 0 Å². The van der Waals surface area contributed by atoms with Crippen LogP contribution >= 0.6 is 22.9 Å². The average Bonchev–Trinajstić information content (AvgIpc) is 2.04. The molecule has 11 heavy (non-hydrogen) atoms. The molecule has 0 amide bonds. The SMILES string of the molecule is CCC1(CO)CCCN(I)C1. The normalized spacial score (nSPS) is 34.1. The van der Waals surface area contributed by atoms with Gasteiger partial charge in [0.05, 0.1) is 0 Å². The summed E-state index contributed by atoms with van der Waals surface area (Å²) < 4.78 is 2.29. The van der Waals surface area contributed by atoms with E-state index in [1.807, 2.05) is 0 Å². The predicted octanol–water partition coefficient (Wildman–Crippen LogP) is 1.82. The summed E-state index contributed by atoms with van der Waals surface area (Å²) in [7, 11) is 0. The van der Waals surface area contributed by atoms with Crippen molar-refractivity contribution in [2.75, 3.05) is 19.7 Å². The van der Waals surface area contributed by atoms with Gasteiger partial charge in [-0.2, -0.15) is 0 Å². The van der Waals surface area contributed by atoms with Gasteiger partial charge in [0.2, 0.25) is 0 Å². The van der Waals surface area contributed by atoms with Crippen molar-refractivity contribution in [1.82, 2.24) is 3.11 Å². The van der Waals surface area contributed by atoms with Gasteiger partial charge >= 0.3 is 0 Å². The van der Waals surface area contributed by atoms with Crippen LogP contribution in [0.5, 0.6) is 0 Å².